The molecule has 1 aliphatic rings. The third-order valence-electron chi connectivity index (χ3n) is 2.47. The number of nitrogens with zero attached hydrogens (tertiary/aromatic N) is 2. The molecule has 1 aromatic rings. The highest BCUT2D eigenvalue weighted by atomic mass is 32.1. The van der Waals surface area contributed by atoms with Gasteiger partial charge in [0.05, 0.1) is 0 Å². The summed E-state index contributed by atoms with van der Waals surface area (Å²) in [6.07, 6.45) is 1.86. The maximum absolute atomic E-state index is 9.08. The molecule has 78 valence electrons. The summed E-state index contributed by atoms with van der Waals surface area (Å²) >= 11 is 5.11. The van der Waals surface area contributed by atoms with Crippen LogP contribution in [0.1, 0.15) is 24.7 Å². The third-order valence-corrected chi connectivity index (χ3v) is 2.76. The minimum Gasteiger partial charge on any atom is -0.388 e. The topological polar surface area (TPSA) is 63.1 Å². The average Bonchev–Trinajstić information content (AvgIpc) is 2.61. The van der Waals surface area contributed by atoms with Gasteiger partial charge < -0.3 is 9.84 Å². The fourth-order valence-corrected chi connectivity index (χ4v) is 2.07. The monoisotopic (exact) mass is 215 g/mol. The zero-order valence-electron chi connectivity index (χ0n) is 7.77. The molecule has 0 amide bonds. The van der Waals surface area contributed by atoms with Crippen LogP contribution in [-0.4, -0.2) is 33.1 Å². The molecule has 5 nitrogen and oxygen atoms in total. The number of nitrogens with one attached hydrogen (secondary N) is 1. The van der Waals surface area contributed by atoms with Crippen molar-refractivity contribution in [3.8, 4) is 0 Å². The Bertz CT molecular complexity index is 354. The Hall–Kier alpha value is -0.720. The Morgan fingerprint density at radius 1 is 1.57 bits per heavy atom. The summed E-state index contributed by atoms with van der Waals surface area (Å²) in [7, 11) is 0. The maximum atomic E-state index is 9.08. The van der Waals surface area contributed by atoms with Crippen molar-refractivity contribution in [1.29, 1.82) is 0 Å². The van der Waals surface area contributed by atoms with E-state index in [-0.39, 0.29) is 6.61 Å². The number of H-pyrrole nitrogens is 1. The van der Waals surface area contributed by atoms with Crippen LogP contribution in [0.4, 0.5) is 0 Å². The summed E-state index contributed by atoms with van der Waals surface area (Å²) in [5, 5.41) is 15.7. The van der Waals surface area contributed by atoms with Gasteiger partial charge in [0.1, 0.15) is 6.61 Å². The van der Waals surface area contributed by atoms with Crippen LogP contribution in [0.2, 0.25) is 0 Å². The van der Waals surface area contributed by atoms with E-state index < -0.39 is 0 Å². The van der Waals surface area contributed by atoms with Gasteiger partial charge in [-0.05, 0) is 25.1 Å². The summed E-state index contributed by atoms with van der Waals surface area (Å²) in [6.45, 7) is 1.43. The van der Waals surface area contributed by atoms with E-state index >= 15 is 0 Å². The van der Waals surface area contributed by atoms with Gasteiger partial charge in [-0.2, -0.15) is 5.10 Å². The van der Waals surface area contributed by atoms with Gasteiger partial charge in [0.15, 0.2) is 10.6 Å². The predicted molar refractivity (Wildman–Crippen MR) is 52.4 cm³/mol. The van der Waals surface area contributed by atoms with E-state index in [4.69, 9.17) is 22.1 Å². The molecule has 0 radical (unpaired) electrons. The van der Waals surface area contributed by atoms with E-state index in [0.29, 0.717) is 16.6 Å². The molecule has 1 aromatic heterocycles. The van der Waals surface area contributed by atoms with Gasteiger partial charge in [-0.25, -0.2) is 0 Å². The molecule has 2 heterocycles. The highest BCUT2D eigenvalue weighted by Gasteiger charge is 2.19. The summed E-state index contributed by atoms with van der Waals surface area (Å²) in [6, 6.07) is 0.317. The number of aliphatic hydroxyl groups excluding tert-OH is 1. The third kappa shape index (κ3) is 1.73. The molecule has 6 heteroatoms. The van der Waals surface area contributed by atoms with Crippen molar-refractivity contribution < 1.29 is 9.84 Å². The molecule has 2 N–H and O–H groups in total. The largest absolute Gasteiger partial charge is 0.388 e. The van der Waals surface area contributed by atoms with Crippen molar-refractivity contribution in [2.24, 2.45) is 0 Å². The van der Waals surface area contributed by atoms with Crippen molar-refractivity contribution in [3.63, 3.8) is 0 Å². The zero-order chi connectivity index (χ0) is 9.97. The molecule has 1 fully saturated rings. The van der Waals surface area contributed by atoms with Crippen LogP contribution in [0.25, 0.3) is 0 Å². The molecule has 0 bridgehead atoms. The zero-order valence-corrected chi connectivity index (χ0v) is 8.59. The summed E-state index contributed by atoms with van der Waals surface area (Å²) in [5.74, 6) is 0.613. The van der Waals surface area contributed by atoms with Crippen LogP contribution in [0.3, 0.4) is 0 Å². The highest BCUT2D eigenvalue weighted by Crippen LogP contribution is 2.22. The number of hydrogen-bond donors (Lipinski definition) is 2. The van der Waals surface area contributed by atoms with Crippen LogP contribution in [-0.2, 0) is 11.3 Å². The highest BCUT2D eigenvalue weighted by molar-refractivity contribution is 7.71. The molecule has 0 spiro atoms. The maximum Gasteiger partial charge on any atom is 0.195 e. The van der Waals surface area contributed by atoms with E-state index in [9.17, 15) is 0 Å². The second kappa shape index (κ2) is 4.20. The van der Waals surface area contributed by atoms with E-state index in [1.54, 1.807) is 0 Å². The predicted octanol–water partition coefficient (Wildman–Crippen LogP) is 0.784. The Morgan fingerprint density at radius 3 is 2.93 bits per heavy atom. The summed E-state index contributed by atoms with van der Waals surface area (Å²) in [4.78, 5) is 0. The first kappa shape index (κ1) is 9.82. The van der Waals surface area contributed by atoms with Gasteiger partial charge in [0.2, 0.25) is 0 Å². The number of aromatic nitrogens is 3. The van der Waals surface area contributed by atoms with Gasteiger partial charge >= 0.3 is 0 Å². The standard InChI is InChI=1S/C8H13N3O2S/c12-5-7-9-10-8(14)11(7)6-1-3-13-4-2-6/h6,12H,1-5H2,(H,10,14). The Balaban J connectivity index is 2.28. The first-order chi connectivity index (χ1) is 6.83. The fourth-order valence-electron chi connectivity index (χ4n) is 1.77. The lowest BCUT2D eigenvalue weighted by Gasteiger charge is -2.23. The van der Waals surface area contributed by atoms with E-state index in [1.807, 2.05) is 4.57 Å². The van der Waals surface area contributed by atoms with Crippen molar-refractivity contribution in [2.75, 3.05) is 13.2 Å². The molecule has 1 aliphatic heterocycles. The first-order valence-electron chi connectivity index (χ1n) is 4.67. The van der Waals surface area contributed by atoms with Crippen LogP contribution in [0, 0.1) is 4.77 Å². The number of rotatable bonds is 2. The lowest BCUT2D eigenvalue weighted by atomic mass is 10.1. The minimum atomic E-state index is -0.0789. The quantitative estimate of drug-likeness (QED) is 0.716. The van der Waals surface area contributed by atoms with Gasteiger partial charge in [-0.1, -0.05) is 0 Å². The van der Waals surface area contributed by atoms with Crippen LogP contribution >= 0.6 is 12.2 Å². The fraction of sp³-hybridized carbons (Fsp3) is 0.750. The average molecular weight is 215 g/mol. The van der Waals surface area contributed by atoms with Gasteiger partial charge in [0, 0.05) is 19.3 Å². The minimum absolute atomic E-state index is 0.0789. The van der Waals surface area contributed by atoms with Crippen LogP contribution in [0.5, 0.6) is 0 Å². The molecule has 1 saturated heterocycles. The van der Waals surface area contributed by atoms with Crippen molar-refractivity contribution >= 4 is 12.2 Å². The first-order valence-corrected chi connectivity index (χ1v) is 5.08. The second-order valence-corrected chi connectivity index (χ2v) is 3.70. The lowest BCUT2D eigenvalue weighted by molar-refractivity contribution is 0.0672. The molecule has 14 heavy (non-hydrogen) atoms. The Labute approximate surface area is 86.7 Å². The van der Waals surface area contributed by atoms with Gasteiger partial charge in [-0.15, -0.1) is 0 Å². The van der Waals surface area contributed by atoms with Crippen molar-refractivity contribution in [1.82, 2.24) is 14.8 Å². The molecule has 0 saturated carbocycles. The van der Waals surface area contributed by atoms with Crippen LogP contribution < -0.4 is 0 Å². The van der Waals surface area contributed by atoms with E-state index in [0.717, 1.165) is 26.1 Å². The summed E-state index contributed by atoms with van der Waals surface area (Å²) in [5.41, 5.74) is 0. The molecule has 0 unspecified atom stereocenters. The second-order valence-electron chi connectivity index (χ2n) is 3.32. The molecule has 2 rings (SSSR count). The number of aromatic amines is 1. The Kier molecular flexibility index (Phi) is 2.95. The van der Waals surface area contributed by atoms with E-state index in [1.165, 1.54) is 0 Å². The summed E-state index contributed by atoms with van der Waals surface area (Å²) < 4.78 is 7.76. The van der Waals surface area contributed by atoms with Gasteiger partial charge in [0.25, 0.3) is 0 Å². The van der Waals surface area contributed by atoms with Crippen LogP contribution in [0.15, 0.2) is 0 Å². The molecular weight excluding hydrogens is 202 g/mol. The Morgan fingerprint density at radius 2 is 2.29 bits per heavy atom. The number of hydrogen-bond acceptors (Lipinski definition) is 4. The smallest absolute Gasteiger partial charge is 0.195 e. The van der Waals surface area contributed by atoms with E-state index in [2.05, 4.69) is 10.2 Å². The molecule has 0 aliphatic carbocycles. The van der Waals surface area contributed by atoms with Crippen molar-refractivity contribution in [3.05, 3.63) is 10.6 Å². The number of ether oxygens (including phenoxy) is 1. The molecule has 0 aromatic carbocycles. The molecule has 0 atom stereocenters. The molecular formula is C8H13N3O2S. The normalized spacial score (nSPS) is 18.6. The van der Waals surface area contributed by atoms with Crippen molar-refractivity contribution in [2.45, 2.75) is 25.5 Å². The van der Waals surface area contributed by atoms with Gasteiger partial charge in [-0.3, -0.25) is 9.67 Å². The number of aliphatic hydroxyl groups is 1. The lowest BCUT2D eigenvalue weighted by Crippen LogP contribution is -2.21. The SMILES string of the molecule is OCc1n[nH]c(=S)n1C1CCOCC1.